The first-order valence-corrected chi connectivity index (χ1v) is 5.88. The number of β-amino-alcohol motifs (C(OH)–C–C–N with tert-alkyl or cyclic N) is 1. The van der Waals surface area contributed by atoms with Crippen molar-refractivity contribution in [2.75, 3.05) is 53.6 Å². The van der Waals surface area contributed by atoms with Crippen LogP contribution in [0.1, 0.15) is 6.42 Å². The lowest BCUT2D eigenvalue weighted by molar-refractivity contribution is 0.107. The lowest BCUT2D eigenvalue weighted by Gasteiger charge is -2.24. The van der Waals surface area contributed by atoms with Crippen molar-refractivity contribution in [2.45, 2.75) is 18.6 Å². The van der Waals surface area contributed by atoms with Crippen molar-refractivity contribution >= 4 is 0 Å². The molecule has 96 valence electrons. The number of hydrogen-bond donors (Lipinski definition) is 2. The Morgan fingerprint density at radius 3 is 2.31 bits per heavy atom. The number of nitrogens with one attached hydrogen (secondary N) is 1. The SMILES string of the molecule is COCCN(CCOC)CC1CC(O)CN1. The summed E-state index contributed by atoms with van der Waals surface area (Å²) in [7, 11) is 3.43. The van der Waals surface area contributed by atoms with Gasteiger partial charge in [0.05, 0.1) is 19.3 Å². The maximum atomic E-state index is 9.43. The molecule has 0 amide bonds. The lowest BCUT2D eigenvalue weighted by atomic mass is 10.2. The lowest BCUT2D eigenvalue weighted by Crippen LogP contribution is -2.40. The summed E-state index contributed by atoms with van der Waals surface area (Å²) in [5.41, 5.74) is 0. The van der Waals surface area contributed by atoms with Gasteiger partial charge in [-0.2, -0.15) is 0 Å². The summed E-state index contributed by atoms with van der Waals surface area (Å²) < 4.78 is 10.2. The molecule has 0 aromatic carbocycles. The van der Waals surface area contributed by atoms with Gasteiger partial charge in [-0.25, -0.2) is 0 Å². The van der Waals surface area contributed by atoms with E-state index >= 15 is 0 Å². The molecule has 1 aliphatic heterocycles. The van der Waals surface area contributed by atoms with Crippen LogP contribution < -0.4 is 5.32 Å². The number of ether oxygens (including phenoxy) is 2. The van der Waals surface area contributed by atoms with Crippen LogP contribution in [0.3, 0.4) is 0 Å². The molecule has 2 atom stereocenters. The van der Waals surface area contributed by atoms with Gasteiger partial charge in [-0.15, -0.1) is 0 Å². The van der Waals surface area contributed by atoms with Gasteiger partial charge in [0.2, 0.25) is 0 Å². The third-order valence-corrected chi connectivity index (χ3v) is 2.90. The summed E-state index contributed by atoms with van der Waals surface area (Å²) >= 11 is 0. The van der Waals surface area contributed by atoms with Crippen LogP contribution in [0.2, 0.25) is 0 Å². The molecule has 0 aromatic heterocycles. The standard InChI is InChI=1S/C11H24N2O3/c1-15-5-3-13(4-6-16-2)9-10-7-11(14)8-12-10/h10-12,14H,3-9H2,1-2H3. The predicted octanol–water partition coefficient (Wildman–Crippen LogP) is -0.696. The van der Waals surface area contributed by atoms with Gasteiger partial charge in [0.25, 0.3) is 0 Å². The fourth-order valence-corrected chi connectivity index (χ4v) is 1.98. The molecule has 1 fully saturated rings. The summed E-state index contributed by atoms with van der Waals surface area (Å²) in [5, 5.41) is 12.8. The quantitative estimate of drug-likeness (QED) is 0.580. The average molecular weight is 232 g/mol. The molecule has 0 aliphatic carbocycles. The van der Waals surface area contributed by atoms with Crippen molar-refractivity contribution < 1.29 is 14.6 Å². The Labute approximate surface area is 97.7 Å². The second-order valence-corrected chi connectivity index (χ2v) is 4.28. The van der Waals surface area contributed by atoms with E-state index in [1.165, 1.54) is 0 Å². The minimum atomic E-state index is -0.184. The summed E-state index contributed by atoms with van der Waals surface area (Å²) in [6.07, 6.45) is 0.660. The number of hydrogen-bond acceptors (Lipinski definition) is 5. The molecule has 0 bridgehead atoms. The second-order valence-electron chi connectivity index (χ2n) is 4.28. The minimum Gasteiger partial charge on any atom is -0.392 e. The summed E-state index contributed by atoms with van der Waals surface area (Å²) in [6, 6.07) is 0.392. The first-order valence-electron chi connectivity index (χ1n) is 5.88. The van der Waals surface area contributed by atoms with E-state index in [9.17, 15) is 5.11 Å². The Balaban J connectivity index is 2.24. The average Bonchev–Trinajstić information content (AvgIpc) is 2.68. The Morgan fingerprint density at radius 1 is 1.25 bits per heavy atom. The molecule has 2 unspecified atom stereocenters. The van der Waals surface area contributed by atoms with Crippen LogP contribution >= 0.6 is 0 Å². The first-order chi connectivity index (χ1) is 7.76. The van der Waals surface area contributed by atoms with E-state index in [4.69, 9.17) is 9.47 Å². The number of aliphatic hydroxyl groups is 1. The third-order valence-electron chi connectivity index (χ3n) is 2.90. The van der Waals surface area contributed by atoms with Crippen molar-refractivity contribution in [3.63, 3.8) is 0 Å². The highest BCUT2D eigenvalue weighted by atomic mass is 16.5. The molecule has 0 aromatic rings. The highest BCUT2D eigenvalue weighted by molar-refractivity contribution is 4.83. The fraction of sp³-hybridized carbons (Fsp3) is 1.00. The van der Waals surface area contributed by atoms with E-state index < -0.39 is 0 Å². The van der Waals surface area contributed by atoms with Crippen molar-refractivity contribution in [1.29, 1.82) is 0 Å². The van der Waals surface area contributed by atoms with Crippen molar-refractivity contribution in [1.82, 2.24) is 10.2 Å². The molecule has 5 heteroatoms. The number of methoxy groups -OCH3 is 2. The molecule has 0 saturated carbocycles. The number of aliphatic hydroxyl groups excluding tert-OH is 1. The van der Waals surface area contributed by atoms with Crippen molar-refractivity contribution in [2.24, 2.45) is 0 Å². The van der Waals surface area contributed by atoms with E-state index in [2.05, 4.69) is 10.2 Å². The number of nitrogens with zero attached hydrogens (tertiary/aromatic N) is 1. The Morgan fingerprint density at radius 2 is 1.88 bits per heavy atom. The molecule has 1 saturated heterocycles. The minimum absolute atomic E-state index is 0.184. The van der Waals surface area contributed by atoms with E-state index in [0.717, 1.165) is 39.3 Å². The molecule has 16 heavy (non-hydrogen) atoms. The van der Waals surface area contributed by atoms with Gasteiger partial charge in [-0.1, -0.05) is 0 Å². The topological polar surface area (TPSA) is 54.0 Å². The van der Waals surface area contributed by atoms with Gasteiger partial charge in [-0.3, -0.25) is 4.90 Å². The van der Waals surface area contributed by atoms with Gasteiger partial charge in [0.15, 0.2) is 0 Å². The third kappa shape index (κ3) is 5.23. The monoisotopic (exact) mass is 232 g/mol. The largest absolute Gasteiger partial charge is 0.392 e. The zero-order chi connectivity index (χ0) is 11.8. The maximum absolute atomic E-state index is 9.43. The molecule has 1 heterocycles. The predicted molar refractivity (Wildman–Crippen MR) is 62.6 cm³/mol. The van der Waals surface area contributed by atoms with E-state index in [1.54, 1.807) is 14.2 Å². The van der Waals surface area contributed by atoms with Crippen LogP contribution in [-0.2, 0) is 9.47 Å². The zero-order valence-electron chi connectivity index (χ0n) is 10.3. The molecular weight excluding hydrogens is 208 g/mol. The van der Waals surface area contributed by atoms with Crippen LogP contribution in [-0.4, -0.2) is 75.8 Å². The zero-order valence-corrected chi connectivity index (χ0v) is 10.3. The van der Waals surface area contributed by atoms with Crippen molar-refractivity contribution in [3.8, 4) is 0 Å². The van der Waals surface area contributed by atoms with Crippen molar-refractivity contribution in [3.05, 3.63) is 0 Å². The van der Waals surface area contributed by atoms with Crippen LogP contribution in [0.25, 0.3) is 0 Å². The van der Waals surface area contributed by atoms with E-state index in [-0.39, 0.29) is 6.10 Å². The summed E-state index contributed by atoms with van der Waals surface area (Å²) in [4.78, 5) is 2.31. The van der Waals surface area contributed by atoms with Gasteiger partial charge >= 0.3 is 0 Å². The van der Waals surface area contributed by atoms with Gasteiger partial charge in [-0.05, 0) is 6.42 Å². The highest BCUT2D eigenvalue weighted by Gasteiger charge is 2.23. The van der Waals surface area contributed by atoms with Gasteiger partial charge in [0.1, 0.15) is 0 Å². The molecular formula is C11H24N2O3. The fourth-order valence-electron chi connectivity index (χ4n) is 1.98. The van der Waals surface area contributed by atoms with Gasteiger partial charge < -0.3 is 19.9 Å². The highest BCUT2D eigenvalue weighted by Crippen LogP contribution is 2.07. The Kier molecular flexibility index (Phi) is 6.91. The van der Waals surface area contributed by atoms with Gasteiger partial charge in [0, 0.05) is 46.4 Å². The van der Waals surface area contributed by atoms with Crippen LogP contribution in [0.4, 0.5) is 0 Å². The molecule has 1 aliphatic rings. The van der Waals surface area contributed by atoms with E-state index in [0.29, 0.717) is 12.6 Å². The summed E-state index contributed by atoms with van der Waals surface area (Å²) in [6.45, 7) is 4.96. The smallest absolute Gasteiger partial charge is 0.0680 e. The molecule has 0 radical (unpaired) electrons. The molecule has 2 N–H and O–H groups in total. The Bertz CT molecular complexity index is 173. The van der Waals surface area contributed by atoms with Crippen LogP contribution in [0, 0.1) is 0 Å². The molecule has 0 spiro atoms. The van der Waals surface area contributed by atoms with E-state index in [1.807, 2.05) is 0 Å². The Hall–Kier alpha value is -0.200. The van der Waals surface area contributed by atoms with Crippen LogP contribution in [0.15, 0.2) is 0 Å². The molecule has 1 rings (SSSR count). The van der Waals surface area contributed by atoms with Crippen LogP contribution in [0.5, 0.6) is 0 Å². The molecule has 5 nitrogen and oxygen atoms in total. The first kappa shape index (κ1) is 13.9. The second kappa shape index (κ2) is 7.97. The maximum Gasteiger partial charge on any atom is 0.0680 e. The normalized spacial score (nSPS) is 25.5. The summed E-state index contributed by atoms with van der Waals surface area (Å²) in [5.74, 6) is 0. The number of rotatable bonds is 8.